The van der Waals surface area contributed by atoms with Gasteiger partial charge in [0.15, 0.2) is 0 Å². The number of carbonyl (C=O) groups excluding carboxylic acids is 1. The Labute approximate surface area is 150 Å². The van der Waals surface area contributed by atoms with Gasteiger partial charge in [-0.15, -0.1) is 0 Å². The van der Waals surface area contributed by atoms with Crippen molar-refractivity contribution in [2.24, 2.45) is 0 Å². The Morgan fingerprint density at radius 2 is 1.85 bits per heavy atom. The Hall–Kier alpha value is -3.15. The Morgan fingerprint density at radius 1 is 1.19 bits per heavy atom. The monoisotopic (exact) mass is 404 g/mol. The molecule has 0 amide bonds. The van der Waals surface area contributed by atoms with E-state index in [-0.39, 0.29) is 5.56 Å². The number of halogens is 3. The van der Waals surface area contributed by atoms with Crippen molar-refractivity contribution in [3.8, 4) is 0 Å². The molecule has 2 rings (SSSR count). The Morgan fingerprint density at radius 3 is 2.41 bits per heavy atom. The standard InChI is InChI=1S/C15H11F3N2O6S/c1-26-14(21)9-3-2-4-11(7-9)27(24,25)19-10-5-6-13(20(22)23)12(8-10)15(16,17)18/h2-8,19H,1H3. The molecular formula is C15H11F3N2O6S. The molecule has 8 nitrogen and oxygen atoms in total. The number of esters is 1. The highest BCUT2D eigenvalue weighted by Crippen LogP contribution is 2.37. The largest absolute Gasteiger partial charge is 0.465 e. The summed E-state index contributed by atoms with van der Waals surface area (Å²) in [6.45, 7) is 0. The van der Waals surface area contributed by atoms with Crippen molar-refractivity contribution in [3.05, 3.63) is 63.7 Å². The number of hydrogen-bond donors (Lipinski definition) is 1. The normalized spacial score (nSPS) is 11.7. The van der Waals surface area contributed by atoms with E-state index in [4.69, 9.17) is 0 Å². The second-order valence-corrected chi connectivity index (χ2v) is 6.79. The minimum absolute atomic E-state index is 0.0833. The van der Waals surface area contributed by atoms with Gasteiger partial charge >= 0.3 is 12.1 Å². The van der Waals surface area contributed by atoms with Crippen molar-refractivity contribution in [3.63, 3.8) is 0 Å². The van der Waals surface area contributed by atoms with Crippen molar-refractivity contribution >= 4 is 27.4 Å². The molecule has 0 unspecified atom stereocenters. The third-order valence-corrected chi connectivity index (χ3v) is 4.70. The van der Waals surface area contributed by atoms with E-state index in [0.29, 0.717) is 12.1 Å². The van der Waals surface area contributed by atoms with E-state index < -0.39 is 48.9 Å². The number of benzene rings is 2. The fourth-order valence-electron chi connectivity index (χ4n) is 2.11. The maximum Gasteiger partial charge on any atom is 0.423 e. The molecule has 0 aliphatic rings. The van der Waals surface area contributed by atoms with Gasteiger partial charge in [0.1, 0.15) is 5.56 Å². The average Bonchev–Trinajstić information content (AvgIpc) is 2.59. The quantitative estimate of drug-likeness (QED) is 0.465. The summed E-state index contributed by atoms with van der Waals surface area (Å²) >= 11 is 0. The summed E-state index contributed by atoms with van der Waals surface area (Å²) < 4.78 is 70.1. The first-order valence-corrected chi connectivity index (χ1v) is 8.51. The Bertz CT molecular complexity index is 1000. The first kappa shape index (κ1) is 20.2. The van der Waals surface area contributed by atoms with Crippen LogP contribution in [-0.2, 0) is 20.9 Å². The number of nitro benzene ring substituents is 1. The van der Waals surface area contributed by atoms with Gasteiger partial charge in [0.05, 0.1) is 22.5 Å². The lowest BCUT2D eigenvalue weighted by Gasteiger charge is -2.12. The number of nitrogens with zero attached hydrogens (tertiary/aromatic N) is 1. The smallest absolute Gasteiger partial charge is 0.423 e. The Kier molecular flexibility index (Phi) is 5.40. The van der Waals surface area contributed by atoms with Crippen molar-refractivity contribution < 1.29 is 36.0 Å². The van der Waals surface area contributed by atoms with E-state index in [1.54, 1.807) is 0 Å². The minimum atomic E-state index is -5.06. The number of rotatable bonds is 5. The van der Waals surface area contributed by atoms with Gasteiger partial charge in [-0.05, 0) is 30.3 Å². The van der Waals surface area contributed by atoms with Gasteiger partial charge < -0.3 is 4.74 Å². The fourth-order valence-corrected chi connectivity index (χ4v) is 3.20. The maximum atomic E-state index is 13.0. The molecule has 0 saturated heterocycles. The van der Waals surface area contributed by atoms with Crippen LogP contribution in [0.2, 0.25) is 0 Å². The molecule has 0 radical (unpaired) electrons. The number of alkyl halides is 3. The summed E-state index contributed by atoms with van der Waals surface area (Å²) in [5.41, 5.74) is -3.43. The number of hydrogen-bond acceptors (Lipinski definition) is 6. The van der Waals surface area contributed by atoms with Crippen LogP contribution in [0, 0.1) is 10.1 Å². The molecule has 0 bridgehead atoms. The number of anilines is 1. The first-order valence-electron chi connectivity index (χ1n) is 7.02. The highest BCUT2D eigenvalue weighted by atomic mass is 32.2. The SMILES string of the molecule is COC(=O)c1cccc(S(=O)(=O)Nc2ccc([N+](=O)[O-])c(C(F)(F)F)c2)c1. The lowest BCUT2D eigenvalue weighted by molar-refractivity contribution is -0.388. The van der Waals surface area contributed by atoms with Gasteiger partial charge in [0.25, 0.3) is 15.7 Å². The van der Waals surface area contributed by atoms with Gasteiger partial charge in [-0.3, -0.25) is 14.8 Å². The van der Waals surface area contributed by atoms with E-state index in [9.17, 15) is 36.5 Å². The number of sulfonamides is 1. The molecule has 0 aliphatic carbocycles. The van der Waals surface area contributed by atoms with Crippen molar-refractivity contribution in [1.29, 1.82) is 0 Å². The molecule has 0 saturated carbocycles. The molecule has 2 aromatic rings. The predicted octanol–water partition coefficient (Wildman–Crippen LogP) is 3.20. The van der Waals surface area contributed by atoms with Crippen LogP contribution in [0.15, 0.2) is 47.4 Å². The van der Waals surface area contributed by atoms with Crippen LogP contribution >= 0.6 is 0 Å². The van der Waals surface area contributed by atoms with E-state index >= 15 is 0 Å². The lowest BCUT2D eigenvalue weighted by Crippen LogP contribution is -2.15. The summed E-state index contributed by atoms with van der Waals surface area (Å²) in [7, 11) is -3.27. The summed E-state index contributed by atoms with van der Waals surface area (Å²) in [6.07, 6.45) is -5.06. The van der Waals surface area contributed by atoms with Gasteiger partial charge in [-0.1, -0.05) is 6.07 Å². The van der Waals surface area contributed by atoms with Gasteiger partial charge in [0, 0.05) is 11.8 Å². The summed E-state index contributed by atoms with van der Waals surface area (Å²) in [5, 5.41) is 10.7. The number of nitrogens with one attached hydrogen (secondary N) is 1. The first-order chi connectivity index (χ1) is 12.5. The van der Waals surface area contributed by atoms with Crippen LogP contribution in [0.25, 0.3) is 0 Å². The Balaban J connectivity index is 2.44. The van der Waals surface area contributed by atoms with Gasteiger partial charge in [-0.2, -0.15) is 13.2 Å². The molecule has 0 aliphatic heterocycles. The van der Waals surface area contributed by atoms with Crippen LogP contribution in [-0.4, -0.2) is 26.4 Å². The van der Waals surface area contributed by atoms with Crippen molar-refractivity contribution in [2.75, 3.05) is 11.8 Å². The number of methoxy groups -OCH3 is 1. The van der Waals surface area contributed by atoms with Crippen LogP contribution in [0.1, 0.15) is 15.9 Å². The third-order valence-electron chi connectivity index (χ3n) is 3.32. The highest BCUT2D eigenvalue weighted by molar-refractivity contribution is 7.92. The van der Waals surface area contributed by atoms with Gasteiger partial charge in [0.2, 0.25) is 0 Å². The molecular weight excluding hydrogens is 393 g/mol. The topological polar surface area (TPSA) is 116 Å². The van der Waals surface area contributed by atoms with Crippen LogP contribution in [0.3, 0.4) is 0 Å². The summed E-state index contributed by atoms with van der Waals surface area (Å²) in [6, 6.07) is 6.33. The molecule has 12 heteroatoms. The van der Waals surface area contributed by atoms with Crippen LogP contribution in [0.5, 0.6) is 0 Å². The molecule has 0 fully saturated rings. The van der Waals surface area contributed by atoms with E-state index in [2.05, 4.69) is 4.74 Å². The van der Waals surface area contributed by atoms with Crippen molar-refractivity contribution in [1.82, 2.24) is 0 Å². The van der Waals surface area contributed by atoms with Crippen LogP contribution < -0.4 is 4.72 Å². The second-order valence-electron chi connectivity index (χ2n) is 5.11. The molecule has 0 atom stereocenters. The summed E-state index contributed by atoms with van der Waals surface area (Å²) in [5.74, 6) is -0.804. The molecule has 0 heterocycles. The predicted molar refractivity (Wildman–Crippen MR) is 86.7 cm³/mol. The fraction of sp³-hybridized carbons (Fsp3) is 0.133. The molecule has 0 spiro atoms. The number of ether oxygens (including phenoxy) is 1. The third kappa shape index (κ3) is 4.53. The average molecular weight is 404 g/mol. The molecule has 27 heavy (non-hydrogen) atoms. The number of nitro groups is 1. The van der Waals surface area contributed by atoms with Crippen LogP contribution in [0.4, 0.5) is 24.5 Å². The van der Waals surface area contributed by atoms with E-state index in [0.717, 1.165) is 25.3 Å². The lowest BCUT2D eigenvalue weighted by atomic mass is 10.1. The molecule has 144 valence electrons. The zero-order valence-corrected chi connectivity index (χ0v) is 14.3. The zero-order chi connectivity index (χ0) is 20.4. The number of carbonyl (C=O) groups is 1. The van der Waals surface area contributed by atoms with E-state index in [1.807, 2.05) is 4.72 Å². The summed E-state index contributed by atoms with van der Waals surface area (Å²) in [4.78, 5) is 20.6. The van der Waals surface area contributed by atoms with E-state index in [1.165, 1.54) is 12.1 Å². The highest BCUT2D eigenvalue weighted by Gasteiger charge is 2.38. The zero-order valence-electron chi connectivity index (χ0n) is 13.5. The maximum absolute atomic E-state index is 13.0. The second kappa shape index (κ2) is 7.23. The molecule has 1 N–H and O–H groups in total. The van der Waals surface area contributed by atoms with Gasteiger partial charge in [-0.25, -0.2) is 13.2 Å². The van der Waals surface area contributed by atoms with Crippen molar-refractivity contribution in [2.45, 2.75) is 11.1 Å². The molecule has 0 aromatic heterocycles. The minimum Gasteiger partial charge on any atom is -0.465 e. The molecule has 2 aromatic carbocycles.